The van der Waals surface area contributed by atoms with E-state index >= 15 is 0 Å². The van der Waals surface area contributed by atoms with Gasteiger partial charge in [-0.25, -0.2) is 9.59 Å². The number of benzene rings is 2. The van der Waals surface area contributed by atoms with Gasteiger partial charge in [0, 0.05) is 18.4 Å². The van der Waals surface area contributed by atoms with E-state index < -0.39 is 12.0 Å². The van der Waals surface area contributed by atoms with Crippen LogP contribution in [0.4, 0.5) is 10.5 Å². The van der Waals surface area contributed by atoms with E-state index in [1.54, 1.807) is 57.3 Å². The van der Waals surface area contributed by atoms with E-state index in [1.807, 2.05) is 18.2 Å². The number of anilines is 1. The number of carbonyl (C=O) groups is 3. The third-order valence-corrected chi connectivity index (χ3v) is 4.87. The fourth-order valence-electron chi connectivity index (χ4n) is 3.22. The second-order valence-electron chi connectivity index (χ2n) is 6.94. The lowest BCUT2D eigenvalue weighted by Gasteiger charge is -2.33. The number of hydrogen-bond acceptors (Lipinski definition) is 5. The Kier molecular flexibility index (Phi) is 6.92. The molecule has 0 saturated carbocycles. The summed E-state index contributed by atoms with van der Waals surface area (Å²) in [5.41, 5.74) is 2.02. The van der Waals surface area contributed by atoms with Crippen LogP contribution in [0.25, 0.3) is 0 Å². The van der Waals surface area contributed by atoms with Crippen LogP contribution in [0.2, 0.25) is 0 Å². The summed E-state index contributed by atoms with van der Waals surface area (Å²) < 4.78 is 10.7. The molecule has 0 aliphatic carbocycles. The number of esters is 1. The standard InChI is InChI=1S/C23H25N3O5/c1-4-30-22(28)20-15(2)26(3)23(29)25-21(20)16-9-8-10-17(13-16)24-19(27)14-31-18-11-6-5-7-12-18/h5-13,21H,4,14H2,1-3H3,(H,24,27)(H,25,29)/t21-/m0/s1. The summed E-state index contributed by atoms with van der Waals surface area (Å²) >= 11 is 0. The average Bonchev–Trinajstić information content (AvgIpc) is 2.77. The highest BCUT2D eigenvalue weighted by atomic mass is 16.5. The van der Waals surface area contributed by atoms with Crippen molar-refractivity contribution in [2.75, 3.05) is 25.6 Å². The summed E-state index contributed by atoms with van der Waals surface area (Å²) in [5.74, 6) is -0.228. The largest absolute Gasteiger partial charge is 0.484 e. The van der Waals surface area contributed by atoms with E-state index in [1.165, 1.54) is 4.90 Å². The first-order valence-electron chi connectivity index (χ1n) is 9.90. The number of carbonyl (C=O) groups excluding carboxylic acids is 3. The molecule has 8 nitrogen and oxygen atoms in total. The molecule has 1 heterocycles. The molecule has 3 amide bonds. The predicted octanol–water partition coefficient (Wildman–Crippen LogP) is 3.24. The Morgan fingerprint density at radius 3 is 2.58 bits per heavy atom. The van der Waals surface area contributed by atoms with Gasteiger partial charge in [0.2, 0.25) is 0 Å². The lowest BCUT2D eigenvalue weighted by atomic mass is 9.94. The summed E-state index contributed by atoms with van der Waals surface area (Å²) in [6.07, 6.45) is 0. The molecular weight excluding hydrogens is 398 g/mol. The van der Waals surface area contributed by atoms with E-state index in [0.29, 0.717) is 28.3 Å². The maximum absolute atomic E-state index is 12.6. The first kappa shape index (κ1) is 21.9. The van der Waals surface area contributed by atoms with Crippen molar-refractivity contribution >= 4 is 23.6 Å². The van der Waals surface area contributed by atoms with E-state index in [9.17, 15) is 14.4 Å². The van der Waals surface area contributed by atoms with Crippen LogP contribution >= 0.6 is 0 Å². The molecule has 1 atom stereocenters. The van der Waals surface area contributed by atoms with Crippen molar-refractivity contribution in [1.82, 2.24) is 10.2 Å². The number of nitrogens with zero attached hydrogens (tertiary/aromatic N) is 1. The molecule has 2 N–H and O–H groups in total. The maximum Gasteiger partial charge on any atom is 0.338 e. The highest BCUT2D eigenvalue weighted by molar-refractivity contribution is 5.95. The van der Waals surface area contributed by atoms with Crippen molar-refractivity contribution in [1.29, 1.82) is 0 Å². The molecule has 0 fully saturated rings. The van der Waals surface area contributed by atoms with Crippen LogP contribution in [-0.2, 0) is 14.3 Å². The van der Waals surface area contributed by atoms with Crippen LogP contribution in [0.5, 0.6) is 5.75 Å². The van der Waals surface area contributed by atoms with E-state index in [0.717, 1.165) is 0 Å². The van der Waals surface area contributed by atoms with Crippen LogP contribution < -0.4 is 15.4 Å². The average molecular weight is 423 g/mol. The zero-order valence-electron chi connectivity index (χ0n) is 17.7. The van der Waals surface area contributed by atoms with Crippen molar-refractivity contribution in [3.63, 3.8) is 0 Å². The van der Waals surface area contributed by atoms with Gasteiger partial charge >= 0.3 is 12.0 Å². The normalized spacial score (nSPS) is 15.9. The molecule has 1 aliphatic heterocycles. The van der Waals surface area contributed by atoms with Gasteiger partial charge in [0.15, 0.2) is 6.61 Å². The number of rotatable bonds is 7. The molecule has 31 heavy (non-hydrogen) atoms. The van der Waals surface area contributed by atoms with Gasteiger partial charge in [-0.1, -0.05) is 30.3 Å². The van der Waals surface area contributed by atoms with Crippen molar-refractivity contribution in [3.05, 3.63) is 71.4 Å². The Balaban J connectivity index is 1.78. The van der Waals surface area contributed by atoms with Crippen molar-refractivity contribution in [2.45, 2.75) is 19.9 Å². The molecule has 0 unspecified atom stereocenters. The van der Waals surface area contributed by atoms with Gasteiger partial charge in [-0.2, -0.15) is 0 Å². The zero-order valence-corrected chi connectivity index (χ0v) is 17.7. The van der Waals surface area contributed by atoms with Gasteiger partial charge in [0.05, 0.1) is 18.2 Å². The van der Waals surface area contributed by atoms with Crippen molar-refractivity contribution < 1.29 is 23.9 Å². The van der Waals surface area contributed by atoms with Gasteiger partial charge < -0.3 is 25.0 Å². The minimum Gasteiger partial charge on any atom is -0.484 e. The van der Waals surface area contributed by atoms with Crippen LogP contribution in [0.3, 0.4) is 0 Å². The summed E-state index contributed by atoms with van der Waals surface area (Å²) in [7, 11) is 1.59. The quantitative estimate of drug-likeness (QED) is 0.667. The van der Waals surface area contributed by atoms with Crippen LogP contribution in [0.15, 0.2) is 65.9 Å². The van der Waals surface area contributed by atoms with Gasteiger partial charge in [-0.3, -0.25) is 4.79 Å². The zero-order chi connectivity index (χ0) is 22.4. The molecule has 0 spiro atoms. The van der Waals surface area contributed by atoms with Crippen molar-refractivity contribution in [2.24, 2.45) is 0 Å². The topological polar surface area (TPSA) is 97.0 Å². The molecule has 0 bridgehead atoms. The number of ether oxygens (including phenoxy) is 2. The van der Waals surface area contributed by atoms with E-state index in [4.69, 9.17) is 9.47 Å². The molecule has 2 aromatic carbocycles. The molecule has 162 valence electrons. The fraction of sp³-hybridized carbons (Fsp3) is 0.261. The van der Waals surface area contributed by atoms with E-state index in [2.05, 4.69) is 10.6 Å². The first-order valence-corrected chi connectivity index (χ1v) is 9.90. The Morgan fingerprint density at radius 2 is 1.87 bits per heavy atom. The van der Waals surface area contributed by atoms with Crippen LogP contribution in [0.1, 0.15) is 25.5 Å². The van der Waals surface area contributed by atoms with Crippen LogP contribution in [-0.4, -0.2) is 43.1 Å². The van der Waals surface area contributed by atoms with Gasteiger partial charge in [0.25, 0.3) is 5.91 Å². The minimum atomic E-state index is -0.694. The second-order valence-corrected chi connectivity index (χ2v) is 6.94. The van der Waals surface area contributed by atoms with E-state index in [-0.39, 0.29) is 25.2 Å². The third-order valence-electron chi connectivity index (χ3n) is 4.87. The Bertz CT molecular complexity index is 1000. The molecule has 0 radical (unpaired) electrons. The fourth-order valence-corrected chi connectivity index (χ4v) is 3.22. The summed E-state index contributed by atoms with van der Waals surface area (Å²) in [6, 6.07) is 15.0. The first-order chi connectivity index (χ1) is 14.9. The Hall–Kier alpha value is -3.81. The van der Waals surface area contributed by atoms with Gasteiger partial charge in [-0.15, -0.1) is 0 Å². The summed E-state index contributed by atoms with van der Waals surface area (Å²) in [5, 5.41) is 5.59. The molecule has 3 rings (SSSR count). The Morgan fingerprint density at radius 1 is 1.13 bits per heavy atom. The number of allylic oxidation sites excluding steroid dienone is 1. The maximum atomic E-state index is 12.6. The summed E-state index contributed by atoms with van der Waals surface area (Å²) in [6.45, 7) is 3.50. The number of amides is 3. The predicted molar refractivity (Wildman–Crippen MR) is 115 cm³/mol. The van der Waals surface area contributed by atoms with Gasteiger partial charge in [-0.05, 0) is 43.7 Å². The SMILES string of the molecule is CCOC(=O)C1=C(C)N(C)C(=O)N[C@H]1c1cccc(NC(=O)COc2ccccc2)c1. The van der Waals surface area contributed by atoms with Crippen molar-refractivity contribution in [3.8, 4) is 5.75 Å². The highest BCUT2D eigenvalue weighted by Crippen LogP contribution is 2.31. The highest BCUT2D eigenvalue weighted by Gasteiger charge is 2.35. The number of para-hydroxylation sites is 1. The second kappa shape index (κ2) is 9.80. The molecule has 8 heteroatoms. The Labute approximate surface area is 180 Å². The lowest BCUT2D eigenvalue weighted by molar-refractivity contribution is -0.139. The van der Waals surface area contributed by atoms with Crippen LogP contribution in [0, 0.1) is 0 Å². The van der Waals surface area contributed by atoms with Gasteiger partial charge in [0.1, 0.15) is 5.75 Å². The monoisotopic (exact) mass is 423 g/mol. The number of nitrogens with one attached hydrogen (secondary N) is 2. The third kappa shape index (κ3) is 5.22. The smallest absolute Gasteiger partial charge is 0.338 e. The molecule has 1 aliphatic rings. The minimum absolute atomic E-state index is 0.147. The number of urea groups is 1. The lowest BCUT2D eigenvalue weighted by Crippen LogP contribution is -2.46. The molecular formula is C23H25N3O5. The molecule has 0 saturated heterocycles. The molecule has 0 aromatic heterocycles. The summed E-state index contributed by atoms with van der Waals surface area (Å²) in [4.78, 5) is 38.6. The molecule has 2 aromatic rings. The number of hydrogen-bond donors (Lipinski definition) is 2.